The number of aryl methyl sites for hydroxylation is 1. The third-order valence-corrected chi connectivity index (χ3v) is 5.27. The molecule has 0 aliphatic rings. The standard InChI is InChI=1S/C27H24N4O/c28-17-22-13-11-21(12-14-22)15-16-26(32)29-18-25-20-31(19-23-7-3-1-4-8-23)30-27(25)24-9-5-2-6-10-24/h1-14,20H,15-16,18-19H2,(H,29,32). The molecule has 1 heterocycles. The maximum Gasteiger partial charge on any atom is 0.220 e. The van der Waals surface area contributed by atoms with Crippen molar-refractivity contribution in [2.75, 3.05) is 0 Å². The van der Waals surface area contributed by atoms with Crippen LogP contribution in [0.3, 0.4) is 0 Å². The van der Waals surface area contributed by atoms with E-state index in [2.05, 4.69) is 23.5 Å². The van der Waals surface area contributed by atoms with Crippen molar-refractivity contribution in [2.24, 2.45) is 0 Å². The van der Waals surface area contributed by atoms with Crippen molar-refractivity contribution in [3.05, 3.63) is 113 Å². The molecule has 0 bridgehead atoms. The zero-order valence-corrected chi connectivity index (χ0v) is 17.7. The van der Waals surface area contributed by atoms with E-state index in [0.29, 0.717) is 31.5 Å². The molecule has 1 aromatic heterocycles. The maximum atomic E-state index is 12.5. The third kappa shape index (κ3) is 5.50. The Morgan fingerprint density at radius 1 is 0.906 bits per heavy atom. The summed E-state index contributed by atoms with van der Waals surface area (Å²) in [5, 5.41) is 16.7. The van der Waals surface area contributed by atoms with E-state index in [1.807, 2.05) is 71.5 Å². The smallest absolute Gasteiger partial charge is 0.220 e. The summed E-state index contributed by atoms with van der Waals surface area (Å²) < 4.78 is 1.93. The molecule has 0 aliphatic heterocycles. The van der Waals surface area contributed by atoms with Crippen LogP contribution in [0, 0.1) is 11.3 Å². The number of rotatable bonds is 8. The first-order chi connectivity index (χ1) is 15.7. The van der Waals surface area contributed by atoms with Gasteiger partial charge < -0.3 is 5.32 Å². The second-order valence-corrected chi connectivity index (χ2v) is 7.64. The van der Waals surface area contributed by atoms with E-state index in [0.717, 1.165) is 22.4 Å². The van der Waals surface area contributed by atoms with Crippen molar-refractivity contribution in [1.29, 1.82) is 5.26 Å². The largest absolute Gasteiger partial charge is 0.352 e. The fourth-order valence-electron chi connectivity index (χ4n) is 3.57. The minimum Gasteiger partial charge on any atom is -0.352 e. The van der Waals surface area contributed by atoms with Gasteiger partial charge in [0.1, 0.15) is 0 Å². The monoisotopic (exact) mass is 420 g/mol. The Balaban J connectivity index is 1.43. The highest BCUT2D eigenvalue weighted by atomic mass is 16.1. The van der Waals surface area contributed by atoms with Gasteiger partial charge in [0.05, 0.1) is 23.9 Å². The molecule has 32 heavy (non-hydrogen) atoms. The second-order valence-electron chi connectivity index (χ2n) is 7.64. The number of nitriles is 1. The highest BCUT2D eigenvalue weighted by Crippen LogP contribution is 2.22. The van der Waals surface area contributed by atoms with Crippen molar-refractivity contribution in [1.82, 2.24) is 15.1 Å². The number of carbonyl (C=O) groups is 1. The van der Waals surface area contributed by atoms with Crippen LogP contribution in [0.15, 0.2) is 91.1 Å². The second kappa shape index (κ2) is 10.2. The van der Waals surface area contributed by atoms with Crippen LogP contribution in [0.2, 0.25) is 0 Å². The molecule has 5 heteroatoms. The predicted molar refractivity (Wildman–Crippen MR) is 125 cm³/mol. The third-order valence-electron chi connectivity index (χ3n) is 5.27. The normalized spacial score (nSPS) is 10.5. The molecule has 158 valence electrons. The molecule has 0 aliphatic carbocycles. The first-order valence-electron chi connectivity index (χ1n) is 10.6. The van der Waals surface area contributed by atoms with Crippen molar-refractivity contribution in [2.45, 2.75) is 25.9 Å². The van der Waals surface area contributed by atoms with Crippen LogP contribution >= 0.6 is 0 Å². The number of carbonyl (C=O) groups excluding carboxylic acids is 1. The van der Waals surface area contributed by atoms with Gasteiger partial charge in [0.15, 0.2) is 0 Å². The summed E-state index contributed by atoms with van der Waals surface area (Å²) >= 11 is 0. The van der Waals surface area contributed by atoms with Gasteiger partial charge in [-0.05, 0) is 29.7 Å². The van der Waals surface area contributed by atoms with Crippen molar-refractivity contribution >= 4 is 5.91 Å². The molecule has 0 atom stereocenters. The highest BCUT2D eigenvalue weighted by molar-refractivity contribution is 5.76. The summed E-state index contributed by atoms with van der Waals surface area (Å²) in [7, 11) is 0. The van der Waals surface area contributed by atoms with Crippen LogP contribution in [0.5, 0.6) is 0 Å². The van der Waals surface area contributed by atoms with Crippen molar-refractivity contribution in [3.8, 4) is 17.3 Å². The molecule has 0 spiro atoms. The first kappa shape index (κ1) is 21.1. The number of nitrogens with zero attached hydrogens (tertiary/aromatic N) is 3. The molecule has 0 fully saturated rings. The number of hydrogen-bond acceptors (Lipinski definition) is 3. The van der Waals surface area contributed by atoms with Gasteiger partial charge in [-0.15, -0.1) is 0 Å². The zero-order chi connectivity index (χ0) is 22.2. The molecule has 1 N–H and O–H groups in total. The van der Waals surface area contributed by atoms with E-state index in [4.69, 9.17) is 10.4 Å². The average Bonchev–Trinajstić information content (AvgIpc) is 3.25. The van der Waals surface area contributed by atoms with Gasteiger partial charge in [0.2, 0.25) is 5.91 Å². The Kier molecular flexibility index (Phi) is 6.74. The molecule has 5 nitrogen and oxygen atoms in total. The molecule has 0 radical (unpaired) electrons. The van der Waals surface area contributed by atoms with E-state index in [1.165, 1.54) is 5.56 Å². The lowest BCUT2D eigenvalue weighted by atomic mass is 10.1. The van der Waals surface area contributed by atoms with Gasteiger partial charge in [0, 0.05) is 30.3 Å². The summed E-state index contributed by atoms with van der Waals surface area (Å²) in [5.74, 6) is -0.0100. The molecular weight excluding hydrogens is 396 g/mol. The first-order valence-corrected chi connectivity index (χ1v) is 10.6. The number of aromatic nitrogens is 2. The van der Waals surface area contributed by atoms with Crippen molar-refractivity contribution in [3.63, 3.8) is 0 Å². The molecule has 4 aromatic rings. The Hall–Kier alpha value is -4.17. The molecule has 0 saturated carbocycles. The maximum absolute atomic E-state index is 12.5. The fourth-order valence-corrected chi connectivity index (χ4v) is 3.57. The van der Waals surface area contributed by atoms with Crippen LogP contribution in [0.1, 0.15) is 28.7 Å². The van der Waals surface area contributed by atoms with Gasteiger partial charge >= 0.3 is 0 Å². The molecular formula is C27H24N4O. The summed E-state index contributed by atoms with van der Waals surface area (Å²) in [4.78, 5) is 12.5. The average molecular weight is 421 g/mol. The van der Waals surface area contributed by atoms with Crippen LogP contribution in [0.25, 0.3) is 11.3 Å². The fraction of sp³-hybridized carbons (Fsp3) is 0.148. The molecule has 4 rings (SSSR count). The van der Waals surface area contributed by atoms with E-state index in [1.54, 1.807) is 12.1 Å². The SMILES string of the molecule is N#Cc1ccc(CCC(=O)NCc2cn(Cc3ccccc3)nc2-c2ccccc2)cc1. The Morgan fingerprint density at radius 2 is 1.59 bits per heavy atom. The van der Waals surface area contributed by atoms with Gasteiger partial charge in [-0.1, -0.05) is 72.8 Å². The van der Waals surface area contributed by atoms with Gasteiger partial charge in [-0.25, -0.2) is 0 Å². The van der Waals surface area contributed by atoms with Crippen molar-refractivity contribution < 1.29 is 4.79 Å². The lowest BCUT2D eigenvalue weighted by Gasteiger charge is -2.06. The molecule has 0 saturated heterocycles. The Labute approximate surface area is 188 Å². The predicted octanol–water partition coefficient (Wildman–Crippen LogP) is 4.72. The minimum absolute atomic E-state index is 0.0100. The highest BCUT2D eigenvalue weighted by Gasteiger charge is 2.13. The van der Waals surface area contributed by atoms with Gasteiger partial charge in [-0.2, -0.15) is 10.4 Å². The summed E-state index contributed by atoms with van der Waals surface area (Å²) in [6, 6.07) is 29.7. The number of amides is 1. The number of benzene rings is 3. The summed E-state index contributed by atoms with van der Waals surface area (Å²) in [6.07, 6.45) is 3.04. The summed E-state index contributed by atoms with van der Waals surface area (Å²) in [6.45, 7) is 1.10. The lowest BCUT2D eigenvalue weighted by Crippen LogP contribution is -2.23. The Morgan fingerprint density at radius 3 is 2.28 bits per heavy atom. The van der Waals surface area contributed by atoms with E-state index < -0.39 is 0 Å². The van der Waals surface area contributed by atoms with Crippen LogP contribution in [-0.2, 0) is 24.3 Å². The number of hydrogen-bond donors (Lipinski definition) is 1. The zero-order valence-electron chi connectivity index (χ0n) is 17.7. The van der Waals surface area contributed by atoms with Gasteiger partial charge in [-0.3, -0.25) is 9.48 Å². The quantitative estimate of drug-likeness (QED) is 0.448. The molecule has 3 aromatic carbocycles. The van der Waals surface area contributed by atoms with E-state index in [9.17, 15) is 4.79 Å². The van der Waals surface area contributed by atoms with Crippen LogP contribution < -0.4 is 5.32 Å². The van der Waals surface area contributed by atoms with Gasteiger partial charge in [0.25, 0.3) is 0 Å². The van der Waals surface area contributed by atoms with Crippen LogP contribution in [-0.4, -0.2) is 15.7 Å². The van der Waals surface area contributed by atoms with E-state index >= 15 is 0 Å². The molecule has 0 unspecified atom stereocenters. The minimum atomic E-state index is -0.0100. The lowest BCUT2D eigenvalue weighted by molar-refractivity contribution is -0.121. The molecule has 1 amide bonds. The topological polar surface area (TPSA) is 70.7 Å². The van der Waals surface area contributed by atoms with Crippen LogP contribution in [0.4, 0.5) is 0 Å². The Bertz CT molecular complexity index is 1210. The summed E-state index contributed by atoms with van der Waals surface area (Å²) in [5.41, 5.74) is 5.74. The van der Waals surface area contributed by atoms with E-state index in [-0.39, 0.29) is 5.91 Å². The number of nitrogens with one attached hydrogen (secondary N) is 1.